The van der Waals surface area contributed by atoms with Crippen LogP contribution >= 0.6 is 0 Å². The van der Waals surface area contributed by atoms with E-state index in [4.69, 9.17) is 4.55 Å². The third-order valence-electron chi connectivity index (χ3n) is 5.81. The third-order valence-corrected chi connectivity index (χ3v) is 6.62. The second-order valence-corrected chi connectivity index (χ2v) is 10.6. The minimum atomic E-state index is -3.96. The molecule has 0 aliphatic rings. The second kappa shape index (κ2) is 26.7. The first-order valence-corrected chi connectivity index (χ1v) is 14.9. The molecule has 0 aliphatic carbocycles. The summed E-state index contributed by atoms with van der Waals surface area (Å²) in [6.45, 7) is 2.40. The molecule has 0 unspecified atom stereocenters. The number of rotatable bonds is 24. The minimum Gasteiger partial charge on any atom is -0.859 e. The van der Waals surface area contributed by atoms with Crippen molar-refractivity contribution in [2.45, 2.75) is 135 Å². The molecule has 0 radical (unpaired) electrons. The van der Waals surface area contributed by atoms with Crippen molar-refractivity contribution in [2.75, 3.05) is 12.3 Å². The van der Waals surface area contributed by atoms with Gasteiger partial charge in [0.05, 0.1) is 5.75 Å². The first kappa shape index (κ1) is 35.3. The maximum Gasteiger partial charge on any atom is 1.00 e. The van der Waals surface area contributed by atoms with Crippen LogP contribution in [0.4, 0.5) is 0 Å². The Morgan fingerprint density at radius 2 is 1.12 bits per heavy atom. The third kappa shape index (κ3) is 32.1. The molecule has 0 aromatic rings. The van der Waals surface area contributed by atoms with Crippen LogP contribution in [-0.2, 0) is 10.1 Å². The summed E-state index contributed by atoms with van der Waals surface area (Å²) in [5.74, 6) is -0.685. The topological polar surface area (TPSA) is 89.8 Å². The monoisotopic (exact) mass is 495 g/mol. The Balaban J connectivity index is 0. The van der Waals surface area contributed by atoms with Gasteiger partial charge in [-0.3, -0.25) is 4.55 Å². The average Bonchev–Trinajstić information content (AvgIpc) is 2.74. The normalized spacial score (nSPS) is 12.4. The zero-order valence-electron chi connectivity index (χ0n) is 21.7. The number of hydrogen-bond donors (Lipinski definition) is 1. The molecule has 0 bridgehead atoms. The molecule has 0 aromatic heterocycles. The van der Waals surface area contributed by atoms with Crippen LogP contribution in [0, 0.1) is 0 Å². The number of nitrogens with zero attached hydrogens (tertiary/aromatic N) is 1. The average molecular weight is 496 g/mol. The number of hydrogen-bond acceptors (Lipinski definition) is 4. The molecule has 1 N–H and O–H groups in total. The van der Waals surface area contributed by atoms with Crippen molar-refractivity contribution in [2.24, 2.45) is 4.99 Å². The van der Waals surface area contributed by atoms with Crippen molar-refractivity contribution in [3.8, 4) is 0 Å². The Kier molecular flexibility index (Phi) is 28.6. The maximum atomic E-state index is 11.5. The van der Waals surface area contributed by atoms with E-state index in [1.807, 2.05) is 6.08 Å². The van der Waals surface area contributed by atoms with Gasteiger partial charge in [-0.1, -0.05) is 128 Å². The van der Waals surface area contributed by atoms with Crippen LogP contribution < -0.4 is 34.7 Å². The zero-order valence-corrected chi connectivity index (χ0v) is 24.6. The molecule has 0 spiro atoms. The van der Waals surface area contributed by atoms with Crippen LogP contribution in [-0.4, -0.2) is 31.2 Å². The summed E-state index contributed by atoms with van der Waals surface area (Å²) in [7, 11) is -3.96. The molecule has 190 valence electrons. The standard InChI is InChI=1S/C26H51NO4S.Na/c1-2-3-4-5-6-7-8-9-10-11-12-13-14-15-16-17-18-19-20-21-23-26(28)27-24-22-25-32(29,30)31;/h21,23H,2-20,22,24-25H2,1H3,(H,27,28)(H,29,30,31);/q;+1/p-1/b23-21+;. The molecule has 0 aliphatic heterocycles. The number of unbranched alkanes of at least 4 members (excludes halogenated alkanes) is 18. The Morgan fingerprint density at radius 1 is 0.727 bits per heavy atom. The van der Waals surface area contributed by atoms with E-state index in [9.17, 15) is 13.5 Å². The van der Waals surface area contributed by atoms with Gasteiger partial charge in [0, 0.05) is 6.54 Å². The van der Waals surface area contributed by atoms with Gasteiger partial charge in [-0.2, -0.15) is 8.42 Å². The molecular formula is C26H50NNaO4S. The van der Waals surface area contributed by atoms with E-state index < -0.39 is 10.1 Å². The second-order valence-electron chi connectivity index (χ2n) is 9.06. The van der Waals surface area contributed by atoms with Crippen LogP contribution in [0.15, 0.2) is 17.1 Å². The predicted octanol–water partition coefficient (Wildman–Crippen LogP) is 4.02. The van der Waals surface area contributed by atoms with Crippen molar-refractivity contribution in [1.29, 1.82) is 0 Å². The van der Waals surface area contributed by atoms with Crippen molar-refractivity contribution in [3.05, 3.63) is 12.2 Å². The van der Waals surface area contributed by atoms with Gasteiger partial charge in [-0.15, -0.1) is 0 Å². The van der Waals surface area contributed by atoms with Crippen molar-refractivity contribution in [1.82, 2.24) is 0 Å². The van der Waals surface area contributed by atoms with Gasteiger partial charge in [0.1, 0.15) is 0 Å². The molecule has 5 nitrogen and oxygen atoms in total. The van der Waals surface area contributed by atoms with Gasteiger partial charge in [0.2, 0.25) is 0 Å². The van der Waals surface area contributed by atoms with Crippen molar-refractivity contribution < 1.29 is 47.6 Å². The molecule has 7 heteroatoms. The van der Waals surface area contributed by atoms with E-state index in [1.54, 1.807) is 0 Å². The Labute approximate surface area is 227 Å². The first-order chi connectivity index (χ1) is 15.5. The molecule has 0 aromatic carbocycles. The van der Waals surface area contributed by atoms with E-state index in [2.05, 4.69) is 11.9 Å². The molecule has 0 heterocycles. The van der Waals surface area contributed by atoms with Gasteiger partial charge in [-0.25, -0.2) is 0 Å². The molecule has 33 heavy (non-hydrogen) atoms. The minimum absolute atomic E-state index is 0. The molecule has 0 amide bonds. The molecule has 0 rings (SSSR count). The predicted molar refractivity (Wildman–Crippen MR) is 136 cm³/mol. The van der Waals surface area contributed by atoms with Crippen LogP contribution in [0.25, 0.3) is 0 Å². The van der Waals surface area contributed by atoms with Gasteiger partial charge < -0.3 is 10.1 Å². The fourth-order valence-corrected chi connectivity index (χ4v) is 4.33. The van der Waals surface area contributed by atoms with Crippen LogP contribution in [0.3, 0.4) is 0 Å². The summed E-state index contributed by atoms with van der Waals surface area (Å²) in [5.41, 5.74) is 0. The summed E-state index contributed by atoms with van der Waals surface area (Å²) in [6.07, 6.45) is 28.9. The largest absolute Gasteiger partial charge is 1.00 e. The summed E-state index contributed by atoms with van der Waals surface area (Å²) >= 11 is 0. The fourth-order valence-electron chi connectivity index (χ4n) is 3.84. The molecule has 0 fully saturated rings. The number of allylic oxidation sites excluding steroid dienone is 1. The fraction of sp³-hybridized carbons (Fsp3) is 0.885. The summed E-state index contributed by atoms with van der Waals surface area (Å²) < 4.78 is 29.7. The van der Waals surface area contributed by atoms with E-state index >= 15 is 0 Å². The van der Waals surface area contributed by atoms with E-state index in [0.29, 0.717) is 0 Å². The van der Waals surface area contributed by atoms with Crippen molar-refractivity contribution >= 4 is 16.0 Å². The number of aliphatic imine (C=N–C) groups is 1. The van der Waals surface area contributed by atoms with Crippen LogP contribution in [0.5, 0.6) is 0 Å². The maximum absolute atomic E-state index is 11.5. The Bertz CT molecular complexity index is 565. The van der Waals surface area contributed by atoms with Crippen LogP contribution in [0.2, 0.25) is 0 Å². The van der Waals surface area contributed by atoms with E-state index in [1.165, 1.54) is 115 Å². The first-order valence-electron chi connectivity index (χ1n) is 13.3. The van der Waals surface area contributed by atoms with Gasteiger partial charge in [0.25, 0.3) is 10.1 Å². The quantitative estimate of drug-likeness (QED) is 0.0720. The molecule has 0 atom stereocenters. The molecular weight excluding hydrogens is 445 g/mol. The molecule has 0 saturated heterocycles. The van der Waals surface area contributed by atoms with E-state index in [0.717, 1.165) is 12.8 Å². The summed E-state index contributed by atoms with van der Waals surface area (Å²) in [4.78, 5) is 3.75. The summed E-state index contributed by atoms with van der Waals surface area (Å²) in [6, 6.07) is 0. The molecule has 0 saturated carbocycles. The van der Waals surface area contributed by atoms with Gasteiger partial charge in [0.15, 0.2) is 0 Å². The smallest absolute Gasteiger partial charge is 0.859 e. The van der Waals surface area contributed by atoms with E-state index in [-0.39, 0.29) is 54.2 Å². The van der Waals surface area contributed by atoms with Crippen LogP contribution in [0.1, 0.15) is 135 Å². The van der Waals surface area contributed by atoms with Gasteiger partial charge >= 0.3 is 29.6 Å². The zero-order chi connectivity index (χ0) is 23.8. The van der Waals surface area contributed by atoms with Crippen molar-refractivity contribution in [3.63, 3.8) is 0 Å². The summed E-state index contributed by atoms with van der Waals surface area (Å²) in [5, 5.41) is 11.5. The Morgan fingerprint density at radius 3 is 1.52 bits per heavy atom. The SMILES string of the molecule is CCCCCCCCCCCCCCCCCCCC/C=C/C([O-])=NCCCS(=O)(=O)O.[Na+]. The Hall–Kier alpha value is 0.120. The van der Waals surface area contributed by atoms with Gasteiger partial charge in [-0.05, 0) is 25.2 Å².